The second-order valence-electron chi connectivity index (χ2n) is 7.09. The van der Waals surface area contributed by atoms with Crippen LogP contribution in [0.25, 0.3) is 11.3 Å². The van der Waals surface area contributed by atoms with Crippen LogP contribution < -0.4 is 5.32 Å². The maximum atomic E-state index is 10.5. The number of imidazole rings is 1. The van der Waals surface area contributed by atoms with Crippen LogP contribution in [0.1, 0.15) is 30.0 Å². The van der Waals surface area contributed by atoms with Crippen molar-refractivity contribution in [2.45, 2.75) is 26.5 Å². The fraction of sp³-hybridized carbons (Fsp3) is 0.304. The highest BCUT2D eigenvalue weighted by atomic mass is 127. The van der Waals surface area contributed by atoms with Gasteiger partial charge in [0.1, 0.15) is 5.82 Å². The van der Waals surface area contributed by atoms with E-state index in [1.807, 2.05) is 74.5 Å². The molecule has 0 amide bonds. The highest BCUT2D eigenvalue weighted by Crippen LogP contribution is 2.17. The first kappa shape index (κ1) is 23.9. The molecule has 3 rings (SSSR count). The standard InChI is InChI=1S/C23H29N5O.HI/c1-4-24-23(26-15-21(29)19-12-8-9-17(2)13-19)28(3)16-22-25-14-20(27-22)18-10-6-5-7-11-18;/h5-14,21,29H,4,15-16H2,1-3H3,(H,24,26)(H,25,27);1H. The molecule has 30 heavy (non-hydrogen) atoms. The number of aliphatic imine (C=N–C) groups is 1. The number of nitrogens with zero attached hydrogens (tertiary/aromatic N) is 3. The quantitative estimate of drug-likeness (QED) is 0.249. The van der Waals surface area contributed by atoms with Crippen LogP contribution in [0.2, 0.25) is 0 Å². The van der Waals surface area contributed by atoms with E-state index in [1.54, 1.807) is 0 Å². The number of hydrogen-bond donors (Lipinski definition) is 3. The predicted molar refractivity (Wildman–Crippen MR) is 133 cm³/mol. The Morgan fingerprint density at radius 1 is 1.20 bits per heavy atom. The number of aromatic nitrogens is 2. The number of guanidine groups is 1. The molecule has 160 valence electrons. The van der Waals surface area contributed by atoms with Crippen LogP contribution in [0.15, 0.2) is 65.8 Å². The topological polar surface area (TPSA) is 76.5 Å². The number of halogens is 1. The molecular formula is C23H30IN5O. The van der Waals surface area contributed by atoms with Crippen molar-refractivity contribution in [1.82, 2.24) is 20.2 Å². The molecule has 6 nitrogen and oxygen atoms in total. The third-order valence-electron chi connectivity index (χ3n) is 4.64. The molecule has 0 aliphatic carbocycles. The van der Waals surface area contributed by atoms with E-state index in [1.165, 1.54) is 0 Å². The minimum atomic E-state index is -0.634. The first-order valence-electron chi connectivity index (χ1n) is 9.90. The number of H-pyrrole nitrogens is 1. The monoisotopic (exact) mass is 519 g/mol. The minimum absolute atomic E-state index is 0. The normalized spacial score (nSPS) is 12.2. The Labute approximate surface area is 195 Å². The lowest BCUT2D eigenvalue weighted by Gasteiger charge is -2.21. The SMILES string of the molecule is CCNC(=NCC(O)c1cccc(C)c1)N(C)Cc1ncc(-c2ccccc2)[nH]1.I. The fourth-order valence-corrected chi connectivity index (χ4v) is 3.13. The van der Waals surface area contributed by atoms with E-state index in [9.17, 15) is 5.11 Å². The number of benzene rings is 2. The molecule has 0 fully saturated rings. The summed E-state index contributed by atoms with van der Waals surface area (Å²) < 4.78 is 0. The van der Waals surface area contributed by atoms with Gasteiger partial charge in [-0.3, -0.25) is 4.99 Å². The first-order valence-corrected chi connectivity index (χ1v) is 9.90. The van der Waals surface area contributed by atoms with Crippen LogP contribution in [0.4, 0.5) is 0 Å². The smallest absolute Gasteiger partial charge is 0.194 e. The summed E-state index contributed by atoms with van der Waals surface area (Å²) in [6, 6.07) is 18.0. The van der Waals surface area contributed by atoms with Crippen LogP contribution in [0, 0.1) is 6.92 Å². The van der Waals surface area contributed by atoms with Crippen LogP contribution in [-0.2, 0) is 6.54 Å². The van der Waals surface area contributed by atoms with E-state index in [0.29, 0.717) is 13.1 Å². The second kappa shape index (κ2) is 11.7. The van der Waals surface area contributed by atoms with Gasteiger partial charge >= 0.3 is 0 Å². The van der Waals surface area contributed by atoms with Crippen molar-refractivity contribution >= 4 is 29.9 Å². The molecule has 1 atom stereocenters. The third kappa shape index (κ3) is 6.56. The lowest BCUT2D eigenvalue weighted by molar-refractivity contribution is 0.186. The van der Waals surface area contributed by atoms with Gasteiger partial charge in [-0.15, -0.1) is 24.0 Å². The summed E-state index contributed by atoms with van der Waals surface area (Å²) in [7, 11) is 1.96. The van der Waals surface area contributed by atoms with Gasteiger partial charge < -0.3 is 20.3 Å². The summed E-state index contributed by atoms with van der Waals surface area (Å²) in [6.07, 6.45) is 1.22. The van der Waals surface area contributed by atoms with Crippen molar-refractivity contribution < 1.29 is 5.11 Å². The lowest BCUT2D eigenvalue weighted by atomic mass is 10.1. The van der Waals surface area contributed by atoms with Crippen molar-refractivity contribution in [3.63, 3.8) is 0 Å². The molecular weight excluding hydrogens is 489 g/mol. The maximum Gasteiger partial charge on any atom is 0.194 e. The van der Waals surface area contributed by atoms with Gasteiger partial charge in [-0.05, 0) is 25.0 Å². The fourth-order valence-electron chi connectivity index (χ4n) is 3.13. The van der Waals surface area contributed by atoms with Gasteiger partial charge in [0.05, 0.1) is 31.1 Å². The van der Waals surface area contributed by atoms with Gasteiger partial charge in [-0.25, -0.2) is 4.98 Å². The molecule has 2 aromatic carbocycles. The number of aliphatic hydroxyl groups is 1. The Balaban J connectivity index is 0.00000320. The Morgan fingerprint density at radius 3 is 2.67 bits per heavy atom. The number of aryl methyl sites for hydroxylation is 1. The third-order valence-corrected chi connectivity index (χ3v) is 4.64. The highest BCUT2D eigenvalue weighted by Gasteiger charge is 2.12. The van der Waals surface area contributed by atoms with E-state index < -0.39 is 6.10 Å². The number of nitrogens with one attached hydrogen (secondary N) is 2. The summed E-state index contributed by atoms with van der Waals surface area (Å²) >= 11 is 0. The predicted octanol–water partition coefficient (Wildman–Crippen LogP) is 4.13. The van der Waals surface area contributed by atoms with E-state index in [0.717, 1.165) is 40.7 Å². The molecule has 0 spiro atoms. The van der Waals surface area contributed by atoms with Gasteiger partial charge in [0.25, 0.3) is 0 Å². The molecule has 0 bridgehead atoms. The van der Waals surface area contributed by atoms with Crippen molar-refractivity contribution in [1.29, 1.82) is 0 Å². The average Bonchev–Trinajstić information content (AvgIpc) is 3.20. The summed E-state index contributed by atoms with van der Waals surface area (Å²) in [5, 5.41) is 13.8. The Hall–Kier alpha value is -2.39. The largest absolute Gasteiger partial charge is 0.386 e. The van der Waals surface area contributed by atoms with Crippen molar-refractivity contribution in [2.24, 2.45) is 4.99 Å². The average molecular weight is 519 g/mol. The zero-order chi connectivity index (χ0) is 20.6. The number of rotatable bonds is 7. The Kier molecular flexibility index (Phi) is 9.32. The van der Waals surface area contributed by atoms with Gasteiger partial charge in [-0.2, -0.15) is 0 Å². The number of hydrogen-bond acceptors (Lipinski definition) is 3. The first-order chi connectivity index (χ1) is 14.1. The molecule has 0 aliphatic rings. The Morgan fingerprint density at radius 2 is 1.97 bits per heavy atom. The van der Waals surface area contributed by atoms with E-state index in [4.69, 9.17) is 0 Å². The summed E-state index contributed by atoms with van der Waals surface area (Å²) in [5.41, 5.74) is 4.11. The second-order valence-corrected chi connectivity index (χ2v) is 7.09. The van der Waals surface area contributed by atoms with Crippen LogP contribution in [0.3, 0.4) is 0 Å². The minimum Gasteiger partial charge on any atom is -0.386 e. The maximum absolute atomic E-state index is 10.5. The van der Waals surface area contributed by atoms with E-state index in [2.05, 4.69) is 32.4 Å². The number of aromatic amines is 1. The molecule has 0 radical (unpaired) electrons. The van der Waals surface area contributed by atoms with E-state index in [-0.39, 0.29) is 24.0 Å². The molecule has 1 heterocycles. The zero-order valence-corrected chi connectivity index (χ0v) is 20.0. The molecule has 3 aromatic rings. The molecule has 7 heteroatoms. The van der Waals surface area contributed by atoms with E-state index >= 15 is 0 Å². The van der Waals surface area contributed by atoms with Crippen LogP contribution >= 0.6 is 24.0 Å². The summed E-state index contributed by atoms with van der Waals surface area (Å²) in [4.78, 5) is 14.5. The molecule has 1 aromatic heterocycles. The lowest BCUT2D eigenvalue weighted by Crippen LogP contribution is -2.39. The highest BCUT2D eigenvalue weighted by molar-refractivity contribution is 14.0. The van der Waals surface area contributed by atoms with Crippen molar-refractivity contribution in [3.8, 4) is 11.3 Å². The Bertz CT molecular complexity index is 942. The molecule has 0 aliphatic heterocycles. The molecule has 0 saturated carbocycles. The van der Waals surface area contributed by atoms with Gasteiger partial charge in [0, 0.05) is 13.6 Å². The molecule has 1 unspecified atom stereocenters. The van der Waals surface area contributed by atoms with Gasteiger partial charge in [0.2, 0.25) is 0 Å². The van der Waals surface area contributed by atoms with Crippen molar-refractivity contribution in [3.05, 3.63) is 77.7 Å². The number of aliphatic hydroxyl groups excluding tert-OH is 1. The zero-order valence-electron chi connectivity index (χ0n) is 17.7. The van der Waals surface area contributed by atoms with Crippen LogP contribution in [0.5, 0.6) is 0 Å². The van der Waals surface area contributed by atoms with Gasteiger partial charge in [0.15, 0.2) is 5.96 Å². The molecule has 3 N–H and O–H groups in total. The summed E-state index contributed by atoms with van der Waals surface area (Å²) in [5.74, 6) is 1.59. The van der Waals surface area contributed by atoms with Crippen LogP contribution in [-0.4, -0.2) is 46.1 Å². The summed E-state index contributed by atoms with van der Waals surface area (Å²) in [6.45, 7) is 5.67. The van der Waals surface area contributed by atoms with Gasteiger partial charge in [-0.1, -0.05) is 60.2 Å². The molecule has 0 saturated heterocycles. The van der Waals surface area contributed by atoms with Crippen molar-refractivity contribution in [2.75, 3.05) is 20.1 Å².